The van der Waals surface area contributed by atoms with Gasteiger partial charge in [0.1, 0.15) is 7.28 Å². The summed E-state index contributed by atoms with van der Waals surface area (Å²) in [5.41, 5.74) is 0. The van der Waals surface area contributed by atoms with Crippen molar-refractivity contribution in [2.45, 2.75) is 12.2 Å². The molecule has 0 nitrogen and oxygen atoms in total. The Bertz CT molecular complexity index is 144. The normalized spacial score (nSPS) is 40.0. The molecule has 0 aromatic rings. The Morgan fingerprint density at radius 2 is 2.25 bits per heavy atom. The van der Waals surface area contributed by atoms with E-state index in [9.17, 15) is 0 Å². The highest BCUT2D eigenvalue weighted by atomic mass is 14.2. The zero-order valence-electron chi connectivity index (χ0n) is 4.75. The molecule has 1 heterocycles. The third-order valence-corrected chi connectivity index (χ3v) is 1.87. The molecule has 1 heteroatoms. The average molecular weight is 103 g/mol. The highest BCUT2D eigenvalue weighted by Crippen LogP contribution is 2.31. The predicted molar refractivity (Wildman–Crippen MR) is 35.9 cm³/mol. The van der Waals surface area contributed by atoms with Gasteiger partial charge in [0.2, 0.25) is 0 Å². The monoisotopic (exact) mass is 103 g/mol. The van der Waals surface area contributed by atoms with Gasteiger partial charge >= 0.3 is 0 Å². The van der Waals surface area contributed by atoms with Crippen molar-refractivity contribution in [3.8, 4) is 0 Å². The second-order valence-corrected chi connectivity index (χ2v) is 2.53. The number of hydrogen-bond donors (Lipinski definition) is 0. The van der Waals surface area contributed by atoms with Crippen molar-refractivity contribution in [2.24, 2.45) is 5.92 Å². The maximum absolute atomic E-state index is 2.30. The van der Waals surface area contributed by atoms with Gasteiger partial charge in [-0.3, -0.25) is 0 Å². The van der Waals surface area contributed by atoms with Gasteiger partial charge in [-0.1, -0.05) is 18.2 Å². The third kappa shape index (κ3) is 0.541. The number of fused-ring (bicyclic) bond motifs is 2. The van der Waals surface area contributed by atoms with Gasteiger partial charge < -0.3 is 0 Å². The smallest absolute Gasteiger partial charge is 0.125 e. The van der Waals surface area contributed by atoms with Gasteiger partial charge in [-0.15, -0.1) is 5.98 Å². The Hall–Kier alpha value is -0.455. The first-order chi connectivity index (χ1) is 3.95. The van der Waals surface area contributed by atoms with Crippen LogP contribution in [0.5, 0.6) is 0 Å². The molecule has 39 valence electrons. The molecular weight excluding hydrogens is 94.9 g/mol. The summed E-state index contributed by atoms with van der Waals surface area (Å²) < 4.78 is 0. The van der Waals surface area contributed by atoms with E-state index in [-0.39, 0.29) is 0 Å². The molecule has 8 heavy (non-hydrogen) atoms. The van der Waals surface area contributed by atoms with Gasteiger partial charge in [0, 0.05) is 0 Å². The SMILES string of the molecule is [B]1C=C[C@H]2C=C[C@@H]1C2. The molecule has 0 aromatic carbocycles. The molecule has 0 N–H and O–H groups in total. The Balaban J connectivity index is 2.28. The van der Waals surface area contributed by atoms with Crippen LogP contribution in [-0.4, -0.2) is 7.28 Å². The maximum atomic E-state index is 2.30. The van der Waals surface area contributed by atoms with Gasteiger partial charge in [-0.05, 0) is 18.2 Å². The van der Waals surface area contributed by atoms with Gasteiger partial charge in [0.05, 0.1) is 0 Å². The van der Waals surface area contributed by atoms with Crippen LogP contribution in [0.2, 0.25) is 5.82 Å². The van der Waals surface area contributed by atoms with Crippen LogP contribution >= 0.6 is 0 Å². The molecule has 0 saturated carbocycles. The molecule has 0 unspecified atom stereocenters. The minimum absolute atomic E-state index is 0.769. The molecule has 1 radical (unpaired) electrons. The van der Waals surface area contributed by atoms with Gasteiger partial charge in [-0.25, -0.2) is 0 Å². The van der Waals surface area contributed by atoms with E-state index in [1.165, 1.54) is 6.42 Å². The molecule has 0 aromatic heterocycles. The van der Waals surface area contributed by atoms with E-state index in [0.717, 1.165) is 11.7 Å². The van der Waals surface area contributed by atoms with E-state index in [1.807, 2.05) is 0 Å². The molecule has 1 aliphatic heterocycles. The van der Waals surface area contributed by atoms with Crippen molar-refractivity contribution in [1.29, 1.82) is 0 Å². The van der Waals surface area contributed by atoms with Crippen molar-refractivity contribution in [2.75, 3.05) is 0 Å². The third-order valence-electron chi connectivity index (χ3n) is 1.87. The Morgan fingerprint density at radius 3 is 3.00 bits per heavy atom. The van der Waals surface area contributed by atoms with Crippen LogP contribution in [0.15, 0.2) is 24.2 Å². The van der Waals surface area contributed by atoms with Crippen molar-refractivity contribution in [3.05, 3.63) is 24.2 Å². The van der Waals surface area contributed by atoms with E-state index in [0.29, 0.717) is 0 Å². The second kappa shape index (κ2) is 1.51. The molecule has 0 spiro atoms. The van der Waals surface area contributed by atoms with E-state index >= 15 is 0 Å². The lowest BCUT2D eigenvalue weighted by Crippen LogP contribution is -2.02. The lowest BCUT2D eigenvalue weighted by molar-refractivity contribution is 0.758. The Kier molecular flexibility index (Phi) is 0.835. The van der Waals surface area contributed by atoms with Crippen LogP contribution in [0.25, 0.3) is 0 Å². The van der Waals surface area contributed by atoms with E-state index < -0.39 is 0 Å². The highest BCUT2D eigenvalue weighted by Gasteiger charge is 2.19. The summed E-state index contributed by atoms with van der Waals surface area (Å²) in [7, 11) is 2.26. The van der Waals surface area contributed by atoms with Crippen LogP contribution in [-0.2, 0) is 0 Å². The van der Waals surface area contributed by atoms with Crippen LogP contribution in [0.1, 0.15) is 6.42 Å². The van der Waals surface area contributed by atoms with Gasteiger partial charge in [-0.2, -0.15) is 0 Å². The first-order valence-electron chi connectivity index (χ1n) is 3.15. The van der Waals surface area contributed by atoms with Gasteiger partial charge in [0.15, 0.2) is 0 Å². The molecule has 2 aliphatic rings. The zero-order valence-corrected chi connectivity index (χ0v) is 4.75. The first kappa shape index (κ1) is 4.43. The minimum Gasteiger partial charge on any atom is -0.125 e. The summed E-state index contributed by atoms with van der Waals surface area (Å²) >= 11 is 0. The van der Waals surface area contributed by atoms with Crippen molar-refractivity contribution >= 4 is 7.28 Å². The fourth-order valence-electron chi connectivity index (χ4n) is 1.39. The zero-order chi connectivity index (χ0) is 5.40. The summed E-state index contributed by atoms with van der Waals surface area (Å²) in [6.07, 6.45) is 8.19. The molecule has 2 rings (SSSR count). The quantitative estimate of drug-likeness (QED) is 0.322. The summed E-state index contributed by atoms with van der Waals surface area (Å²) in [5.74, 6) is 3.72. The second-order valence-electron chi connectivity index (χ2n) is 2.53. The lowest BCUT2D eigenvalue weighted by Gasteiger charge is -2.09. The molecular formula is C7H8B. The lowest BCUT2D eigenvalue weighted by atomic mass is 9.61. The standard InChI is InChI=1S/C7H8B/c1-2-7-5-6(1)3-4-8-7/h1-4,6-7H,5H2/t6-,7-/m1/s1. The van der Waals surface area contributed by atoms with Crippen molar-refractivity contribution in [3.63, 3.8) is 0 Å². The number of allylic oxidation sites excluding steroid dienone is 3. The highest BCUT2D eigenvalue weighted by molar-refractivity contribution is 6.45. The van der Waals surface area contributed by atoms with E-state index in [2.05, 4.69) is 31.5 Å². The first-order valence-corrected chi connectivity index (χ1v) is 3.15. The van der Waals surface area contributed by atoms with Crippen molar-refractivity contribution < 1.29 is 0 Å². The average Bonchev–Trinajstić information content (AvgIpc) is 2.12. The fourth-order valence-corrected chi connectivity index (χ4v) is 1.39. The molecule has 2 bridgehead atoms. The minimum atomic E-state index is 0.769. The molecule has 2 atom stereocenters. The summed E-state index contributed by atoms with van der Waals surface area (Å²) in [6, 6.07) is 0. The largest absolute Gasteiger partial charge is 0.149 e. The predicted octanol–water partition coefficient (Wildman–Crippen LogP) is 1.58. The van der Waals surface area contributed by atoms with Crippen LogP contribution in [0.3, 0.4) is 0 Å². The van der Waals surface area contributed by atoms with Gasteiger partial charge in [0.25, 0.3) is 0 Å². The van der Waals surface area contributed by atoms with Crippen LogP contribution < -0.4 is 0 Å². The van der Waals surface area contributed by atoms with E-state index in [1.54, 1.807) is 0 Å². The molecule has 0 amide bonds. The number of hydrogen-bond acceptors (Lipinski definition) is 0. The van der Waals surface area contributed by atoms with Crippen LogP contribution in [0, 0.1) is 5.92 Å². The fraction of sp³-hybridized carbons (Fsp3) is 0.429. The summed E-state index contributed by atoms with van der Waals surface area (Å²) in [4.78, 5) is 0. The van der Waals surface area contributed by atoms with Crippen molar-refractivity contribution in [1.82, 2.24) is 0 Å². The molecule has 1 aliphatic carbocycles. The topological polar surface area (TPSA) is 0 Å². The summed E-state index contributed by atoms with van der Waals surface area (Å²) in [6.45, 7) is 0. The van der Waals surface area contributed by atoms with E-state index in [4.69, 9.17) is 0 Å². The summed E-state index contributed by atoms with van der Waals surface area (Å²) in [5, 5.41) is 0. The Morgan fingerprint density at radius 1 is 1.25 bits per heavy atom. The maximum Gasteiger partial charge on any atom is 0.149 e. The Labute approximate surface area is 50.5 Å². The number of rotatable bonds is 0. The van der Waals surface area contributed by atoms with Crippen LogP contribution in [0.4, 0.5) is 0 Å². The molecule has 0 fully saturated rings. The molecule has 0 saturated heterocycles.